The van der Waals surface area contributed by atoms with Crippen LogP contribution in [0.4, 0.5) is 23.7 Å². The molecule has 3 heterocycles. The van der Waals surface area contributed by atoms with Crippen molar-refractivity contribution in [3.05, 3.63) is 35.9 Å². The van der Waals surface area contributed by atoms with Gasteiger partial charge in [-0.2, -0.15) is 0 Å². The van der Waals surface area contributed by atoms with Gasteiger partial charge in [0.15, 0.2) is 0 Å². The molecule has 2 amide bonds. The maximum Gasteiger partial charge on any atom is 0.573 e. The van der Waals surface area contributed by atoms with Crippen LogP contribution < -0.4 is 10.1 Å². The number of urea groups is 1. The Kier molecular flexibility index (Phi) is 5.36. The third-order valence-corrected chi connectivity index (χ3v) is 7.24. The number of nitrogens with zero attached hydrogens (tertiary/aromatic N) is 2. The maximum atomic E-state index is 13.2. The van der Waals surface area contributed by atoms with Gasteiger partial charge in [0.2, 0.25) is 0 Å². The number of piperidine rings is 3. The highest BCUT2D eigenvalue weighted by atomic mass is 19.4. The Morgan fingerprint density at radius 1 is 1.16 bits per heavy atom. The molecule has 0 radical (unpaired) electrons. The van der Waals surface area contributed by atoms with Crippen LogP contribution in [0.1, 0.15) is 38.5 Å². The summed E-state index contributed by atoms with van der Waals surface area (Å²) in [6.45, 7) is 2.84. The van der Waals surface area contributed by atoms with E-state index < -0.39 is 6.36 Å². The first-order chi connectivity index (χ1) is 14.9. The minimum atomic E-state index is -4.76. The fourth-order valence-corrected chi connectivity index (χ4v) is 6.17. The lowest BCUT2D eigenvalue weighted by Gasteiger charge is -2.54. The molecule has 3 saturated heterocycles. The molecular weight excluding hydrogens is 407 g/mol. The summed E-state index contributed by atoms with van der Waals surface area (Å²) in [6, 6.07) is 5.95. The molecule has 8 heteroatoms. The first kappa shape index (κ1) is 20.7. The number of amides is 2. The molecule has 0 aromatic heterocycles. The van der Waals surface area contributed by atoms with E-state index in [0.29, 0.717) is 30.1 Å². The van der Waals surface area contributed by atoms with Gasteiger partial charge in [-0.15, -0.1) is 13.2 Å². The van der Waals surface area contributed by atoms with Crippen molar-refractivity contribution in [3.8, 4) is 5.75 Å². The molecule has 3 aliphatic heterocycles. The van der Waals surface area contributed by atoms with Gasteiger partial charge in [0.05, 0.1) is 6.04 Å². The third kappa shape index (κ3) is 4.27. The van der Waals surface area contributed by atoms with Crippen molar-refractivity contribution < 1.29 is 22.7 Å². The highest BCUT2D eigenvalue weighted by Crippen LogP contribution is 2.45. The molecule has 1 aromatic rings. The van der Waals surface area contributed by atoms with Crippen LogP contribution in [0.2, 0.25) is 0 Å². The van der Waals surface area contributed by atoms with Gasteiger partial charge in [-0.05, 0) is 62.6 Å². The molecule has 5 rings (SSSR count). The number of benzene rings is 1. The number of fused-ring (bicyclic) bond motifs is 6. The van der Waals surface area contributed by atoms with Crippen molar-refractivity contribution in [1.29, 1.82) is 0 Å². The standard InChI is InChI=1S/C23H28F3N3O2/c24-23(25,26)31-19-7-3-6-18(13-19)27-22(30)29-10-4-5-15-11-16-12-17(21(15)29)14-28-9-2-1-8-20(16)28/h3,6-7,11,13,16-17,20-21H,1-2,4-5,8-10,12,14H2,(H,27,30)/t16-,17-,20?,21?/m0/s1. The summed E-state index contributed by atoms with van der Waals surface area (Å²) in [5.74, 6) is 0.670. The quantitative estimate of drug-likeness (QED) is 0.664. The first-order valence-corrected chi connectivity index (χ1v) is 11.3. The van der Waals surface area contributed by atoms with E-state index in [1.54, 1.807) is 6.07 Å². The monoisotopic (exact) mass is 435 g/mol. The number of ether oxygens (including phenoxy) is 1. The number of anilines is 1. The smallest absolute Gasteiger partial charge is 0.406 e. The molecule has 4 atom stereocenters. The Morgan fingerprint density at radius 2 is 2.03 bits per heavy atom. The van der Waals surface area contributed by atoms with E-state index in [-0.39, 0.29) is 17.8 Å². The van der Waals surface area contributed by atoms with Crippen LogP contribution >= 0.6 is 0 Å². The Hall–Kier alpha value is -2.22. The van der Waals surface area contributed by atoms with Crippen molar-refractivity contribution in [2.45, 2.75) is 57.0 Å². The lowest BCUT2D eigenvalue weighted by molar-refractivity contribution is -0.274. The van der Waals surface area contributed by atoms with Gasteiger partial charge in [0.25, 0.3) is 0 Å². The fraction of sp³-hybridized carbons (Fsp3) is 0.609. The molecule has 0 saturated carbocycles. The maximum absolute atomic E-state index is 13.2. The average molecular weight is 435 g/mol. The van der Waals surface area contributed by atoms with Crippen LogP contribution in [0.3, 0.4) is 0 Å². The molecule has 1 aromatic carbocycles. The largest absolute Gasteiger partial charge is 0.573 e. The number of hydrogen-bond donors (Lipinski definition) is 1. The predicted molar refractivity (Wildman–Crippen MR) is 111 cm³/mol. The number of carbonyl (C=O) groups excluding carboxylic acids is 1. The summed E-state index contributed by atoms with van der Waals surface area (Å²) in [5, 5.41) is 2.80. The molecule has 5 nitrogen and oxygen atoms in total. The highest BCUT2D eigenvalue weighted by Gasteiger charge is 2.47. The van der Waals surface area contributed by atoms with Crippen LogP contribution in [-0.4, -0.2) is 53.9 Å². The SMILES string of the molecule is O=C(Nc1cccc(OC(F)(F)F)c1)N1CCCC2=C[C@H]3C[C@@H](CN4CCCCC34)C21. The average Bonchev–Trinajstić information content (AvgIpc) is 2.72. The Balaban J connectivity index is 1.33. The lowest BCUT2D eigenvalue weighted by Crippen LogP contribution is -2.60. The van der Waals surface area contributed by atoms with Gasteiger partial charge in [0, 0.05) is 30.9 Å². The van der Waals surface area contributed by atoms with Gasteiger partial charge in [-0.1, -0.05) is 24.1 Å². The Labute approximate surface area is 180 Å². The van der Waals surface area contributed by atoms with Crippen molar-refractivity contribution >= 4 is 11.7 Å². The zero-order chi connectivity index (χ0) is 21.6. The summed E-state index contributed by atoms with van der Waals surface area (Å²) in [7, 11) is 0. The molecule has 2 unspecified atom stereocenters. The molecule has 31 heavy (non-hydrogen) atoms. The van der Waals surface area contributed by atoms with Gasteiger partial charge in [-0.25, -0.2) is 4.79 Å². The van der Waals surface area contributed by atoms with E-state index in [9.17, 15) is 18.0 Å². The molecular formula is C23H28F3N3O2. The van der Waals surface area contributed by atoms with E-state index >= 15 is 0 Å². The molecule has 4 aliphatic rings. The number of likely N-dealkylation sites (tertiary alicyclic amines) is 1. The summed E-state index contributed by atoms with van der Waals surface area (Å²) < 4.78 is 41.5. The molecule has 168 valence electrons. The van der Waals surface area contributed by atoms with Gasteiger partial charge in [0.1, 0.15) is 5.75 Å². The van der Waals surface area contributed by atoms with Crippen LogP contribution in [0.25, 0.3) is 0 Å². The second-order valence-corrected chi connectivity index (χ2v) is 9.21. The third-order valence-electron chi connectivity index (χ3n) is 7.24. The van der Waals surface area contributed by atoms with Gasteiger partial charge < -0.3 is 15.0 Å². The number of hydrogen-bond acceptors (Lipinski definition) is 3. The fourth-order valence-electron chi connectivity index (χ4n) is 6.17. The van der Waals surface area contributed by atoms with Crippen molar-refractivity contribution in [1.82, 2.24) is 9.80 Å². The van der Waals surface area contributed by atoms with Gasteiger partial charge >= 0.3 is 12.4 Å². The Bertz CT molecular complexity index is 872. The summed E-state index contributed by atoms with van der Waals surface area (Å²) in [6.07, 6.45) is 4.57. The molecule has 2 bridgehead atoms. The summed E-state index contributed by atoms with van der Waals surface area (Å²) >= 11 is 0. The number of alkyl halides is 3. The first-order valence-electron chi connectivity index (χ1n) is 11.3. The minimum absolute atomic E-state index is 0.0856. The van der Waals surface area contributed by atoms with E-state index in [1.807, 2.05) is 4.90 Å². The van der Waals surface area contributed by atoms with E-state index in [4.69, 9.17) is 0 Å². The normalized spacial score (nSPS) is 30.7. The second kappa shape index (κ2) is 8.04. The molecule has 0 spiro atoms. The minimum Gasteiger partial charge on any atom is -0.406 e. The second-order valence-electron chi connectivity index (χ2n) is 9.21. The van der Waals surface area contributed by atoms with Crippen LogP contribution in [-0.2, 0) is 0 Å². The number of rotatable bonds is 2. The molecule has 3 fully saturated rings. The summed E-state index contributed by atoms with van der Waals surface area (Å²) in [5.41, 5.74) is 1.68. The van der Waals surface area contributed by atoms with Gasteiger partial charge in [-0.3, -0.25) is 4.90 Å². The topological polar surface area (TPSA) is 44.8 Å². The Morgan fingerprint density at radius 3 is 2.87 bits per heavy atom. The van der Waals surface area contributed by atoms with E-state index in [1.165, 1.54) is 43.0 Å². The molecule has 1 aliphatic carbocycles. The number of nitrogens with one attached hydrogen (secondary N) is 1. The van der Waals surface area contributed by atoms with Crippen LogP contribution in [0.5, 0.6) is 5.75 Å². The molecule has 1 N–H and O–H groups in total. The zero-order valence-electron chi connectivity index (χ0n) is 17.4. The predicted octanol–water partition coefficient (Wildman–Crippen LogP) is 5.01. The van der Waals surface area contributed by atoms with Crippen molar-refractivity contribution in [2.24, 2.45) is 11.8 Å². The highest BCUT2D eigenvalue weighted by molar-refractivity contribution is 5.90. The zero-order valence-corrected chi connectivity index (χ0v) is 17.4. The van der Waals surface area contributed by atoms with Crippen molar-refractivity contribution in [3.63, 3.8) is 0 Å². The lowest BCUT2D eigenvalue weighted by atomic mass is 9.68. The number of carbonyl (C=O) groups is 1. The van der Waals surface area contributed by atoms with E-state index in [0.717, 1.165) is 32.4 Å². The van der Waals surface area contributed by atoms with Crippen LogP contribution in [0, 0.1) is 11.8 Å². The van der Waals surface area contributed by atoms with Crippen molar-refractivity contribution in [2.75, 3.05) is 25.0 Å². The van der Waals surface area contributed by atoms with Crippen LogP contribution in [0.15, 0.2) is 35.9 Å². The summed E-state index contributed by atoms with van der Waals surface area (Å²) in [4.78, 5) is 17.7. The van der Waals surface area contributed by atoms with E-state index in [2.05, 4.69) is 21.0 Å². The number of halogens is 3.